The molecule has 0 aromatic carbocycles. The van der Waals surface area contributed by atoms with Gasteiger partial charge in [0, 0.05) is 35.1 Å². The third-order valence-corrected chi connectivity index (χ3v) is 4.19. The van der Waals surface area contributed by atoms with Gasteiger partial charge in [-0.3, -0.25) is 4.68 Å². The smallest absolute Gasteiger partial charge is 0.218 e. The largest absolute Gasteiger partial charge is 0.481 e. The predicted octanol–water partition coefficient (Wildman–Crippen LogP) is 2.73. The molecule has 0 bridgehead atoms. The summed E-state index contributed by atoms with van der Waals surface area (Å²) in [5.74, 6) is 0.486. The van der Waals surface area contributed by atoms with Gasteiger partial charge in [-0.25, -0.2) is 15.0 Å². The molecule has 1 atom stereocenters. The number of methoxy groups -OCH3 is 1. The minimum atomic E-state index is -0.305. The van der Waals surface area contributed by atoms with Crippen LogP contribution in [0.5, 0.6) is 5.88 Å². The van der Waals surface area contributed by atoms with E-state index in [0.29, 0.717) is 5.88 Å². The Labute approximate surface area is 149 Å². The fraction of sp³-hybridized carbons (Fsp3) is 0.167. The van der Waals surface area contributed by atoms with E-state index >= 15 is 0 Å². The first-order valence-electron chi connectivity index (χ1n) is 8.00. The van der Waals surface area contributed by atoms with Gasteiger partial charge in [0.05, 0.1) is 37.5 Å². The third-order valence-electron chi connectivity index (χ3n) is 4.19. The van der Waals surface area contributed by atoms with E-state index in [9.17, 15) is 5.26 Å². The van der Waals surface area contributed by atoms with E-state index in [2.05, 4.69) is 31.1 Å². The van der Waals surface area contributed by atoms with Crippen LogP contribution in [0, 0.1) is 11.3 Å². The van der Waals surface area contributed by atoms with Crippen LogP contribution in [0.3, 0.4) is 0 Å². The SMILES string of the molecule is COc1ncccc1C(CC#N)n1cc(-c2ncnc3[nH]ccc23)cn1. The summed E-state index contributed by atoms with van der Waals surface area (Å²) in [6.07, 6.45) is 8.86. The molecule has 4 rings (SSSR count). The summed E-state index contributed by atoms with van der Waals surface area (Å²) in [7, 11) is 1.56. The molecule has 4 heterocycles. The number of hydrogen-bond acceptors (Lipinski definition) is 6. The second-order valence-corrected chi connectivity index (χ2v) is 5.65. The summed E-state index contributed by atoms with van der Waals surface area (Å²) >= 11 is 0. The molecule has 128 valence electrons. The second kappa shape index (κ2) is 6.64. The van der Waals surface area contributed by atoms with E-state index in [1.807, 2.05) is 30.6 Å². The molecule has 4 aromatic heterocycles. The molecule has 0 aliphatic heterocycles. The first-order chi connectivity index (χ1) is 12.8. The third kappa shape index (κ3) is 2.65. The Balaban J connectivity index is 1.78. The number of nitriles is 1. The number of pyridine rings is 1. The Hall–Kier alpha value is -3.73. The van der Waals surface area contributed by atoms with Crippen molar-refractivity contribution in [2.75, 3.05) is 7.11 Å². The van der Waals surface area contributed by atoms with Crippen molar-refractivity contribution in [3.63, 3.8) is 0 Å². The van der Waals surface area contributed by atoms with E-state index in [0.717, 1.165) is 27.9 Å². The van der Waals surface area contributed by atoms with Gasteiger partial charge in [0.2, 0.25) is 5.88 Å². The maximum Gasteiger partial charge on any atom is 0.218 e. The van der Waals surface area contributed by atoms with Crippen LogP contribution in [-0.4, -0.2) is 36.8 Å². The number of aromatic nitrogens is 6. The molecule has 8 nitrogen and oxygen atoms in total. The normalized spacial score (nSPS) is 12.0. The van der Waals surface area contributed by atoms with Crippen molar-refractivity contribution in [1.29, 1.82) is 5.26 Å². The van der Waals surface area contributed by atoms with Crippen molar-refractivity contribution in [2.45, 2.75) is 12.5 Å². The number of nitrogens with one attached hydrogen (secondary N) is 1. The van der Waals surface area contributed by atoms with Crippen LogP contribution in [-0.2, 0) is 0 Å². The highest BCUT2D eigenvalue weighted by atomic mass is 16.5. The summed E-state index contributed by atoms with van der Waals surface area (Å²) in [6, 6.07) is 7.55. The van der Waals surface area contributed by atoms with Crippen LogP contribution in [0.25, 0.3) is 22.3 Å². The van der Waals surface area contributed by atoms with Gasteiger partial charge in [0.15, 0.2) is 0 Å². The molecule has 1 N–H and O–H groups in total. The average molecular weight is 345 g/mol. The highest BCUT2D eigenvalue weighted by molar-refractivity contribution is 5.89. The Morgan fingerprint density at radius 3 is 3.08 bits per heavy atom. The molecule has 0 radical (unpaired) electrons. The maximum atomic E-state index is 9.28. The Bertz CT molecular complexity index is 1090. The maximum absolute atomic E-state index is 9.28. The number of nitrogens with zero attached hydrogens (tertiary/aromatic N) is 6. The van der Waals surface area contributed by atoms with Crippen molar-refractivity contribution in [1.82, 2.24) is 29.7 Å². The summed E-state index contributed by atoms with van der Waals surface area (Å²) < 4.78 is 7.10. The van der Waals surface area contributed by atoms with Crippen molar-refractivity contribution in [3.05, 3.63) is 54.9 Å². The monoisotopic (exact) mass is 345 g/mol. The predicted molar refractivity (Wildman–Crippen MR) is 94.3 cm³/mol. The lowest BCUT2D eigenvalue weighted by Gasteiger charge is -2.16. The molecule has 0 fully saturated rings. The minimum Gasteiger partial charge on any atom is -0.481 e. The molecule has 0 spiro atoms. The molecule has 26 heavy (non-hydrogen) atoms. The van der Waals surface area contributed by atoms with Crippen LogP contribution in [0.15, 0.2) is 49.3 Å². The molecule has 8 heteroatoms. The zero-order valence-electron chi connectivity index (χ0n) is 14.0. The standard InChI is InChI=1S/C18H15N7O/c1-26-18-13(3-2-7-21-18)15(4-6-19)25-10-12(9-24-25)16-14-5-8-20-17(14)23-11-22-16/h2-3,5,7-11,15H,4H2,1H3,(H,20,22,23). The van der Waals surface area contributed by atoms with Crippen LogP contribution >= 0.6 is 0 Å². The lowest BCUT2D eigenvalue weighted by Crippen LogP contribution is -2.12. The fourth-order valence-corrected chi connectivity index (χ4v) is 2.99. The van der Waals surface area contributed by atoms with Gasteiger partial charge in [0.25, 0.3) is 0 Å². The van der Waals surface area contributed by atoms with Crippen molar-refractivity contribution in [3.8, 4) is 23.2 Å². The van der Waals surface area contributed by atoms with Gasteiger partial charge in [-0.1, -0.05) is 0 Å². The van der Waals surface area contributed by atoms with Gasteiger partial charge in [-0.15, -0.1) is 0 Å². The van der Waals surface area contributed by atoms with Gasteiger partial charge >= 0.3 is 0 Å². The van der Waals surface area contributed by atoms with Crippen molar-refractivity contribution >= 4 is 11.0 Å². The van der Waals surface area contributed by atoms with Gasteiger partial charge in [0.1, 0.15) is 12.0 Å². The summed E-state index contributed by atoms with van der Waals surface area (Å²) in [4.78, 5) is 15.9. The number of ether oxygens (including phenoxy) is 1. The number of fused-ring (bicyclic) bond motifs is 1. The van der Waals surface area contributed by atoms with E-state index in [4.69, 9.17) is 4.74 Å². The molecule has 0 saturated carbocycles. The summed E-state index contributed by atoms with van der Waals surface area (Å²) in [5, 5.41) is 14.7. The van der Waals surface area contributed by atoms with E-state index in [1.165, 1.54) is 6.33 Å². The highest BCUT2D eigenvalue weighted by Crippen LogP contribution is 2.30. The number of hydrogen-bond donors (Lipinski definition) is 1. The summed E-state index contributed by atoms with van der Waals surface area (Å²) in [5.41, 5.74) is 3.21. The number of H-pyrrole nitrogens is 1. The second-order valence-electron chi connectivity index (χ2n) is 5.65. The minimum absolute atomic E-state index is 0.243. The Kier molecular flexibility index (Phi) is 4.03. The van der Waals surface area contributed by atoms with E-state index in [1.54, 1.807) is 24.2 Å². The van der Waals surface area contributed by atoms with Crippen molar-refractivity contribution in [2.24, 2.45) is 0 Å². The first-order valence-corrected chi connectivity index (χ1v) is 8.00. The molecule has 1 unspecified atom stereocenters. The first kappa shape index (κ1) is 15.8. The molecule has 0 amide bonds. The van der Waals surface area contributed by atoms with Gasteiger partial charge in [-0.05, 0) is 18.2 Å². The quantitative estimate of drug-likeness (QED) is 0.596. The zero-order valence-corrected chi connectivity index (χ0v) is 14.0. The van der Waals surface area contributed by atoms with Gasteiger partial charge in [-0.2, -0.15) is 10.4 Å². The molecule has 0 aliphatic rings. The van der Waals surface area contributed by atoms with Crippen molar-refractivity contribution < 1.29 is 4.74 Å². The van der Waals surface area contributed by atoms with Crippen LogP contribution in [0.2, 0.25) is 0 Å². The molecular weight excluding hydrogens is 330 g/mol. The van der Waals surface area contributed by atoms with Crippen LogP contribution < -0.4 is 4.74 Å². The molecule has 0 aliphatic carbocycles. The average Bonchev–Trinajstić information content (AvgIpc) is 3.35. The topological polar surface area (TPSA) is 105 Å². The molecule has 4 aromatic rings. The van der Waals surface area contributed by atoms with Crippen LogP contribution in [0.1, 0.15) is 18.0 Å². The van der Waals surface area contributed by atoms with Gasteiger partial charge < -0.3 is 9.72 Å². The zero-order chi connectivity index (χ0) is 17.9. The van der Waals surface area contributed by atoms with E-state index in [-0.39, 0.29) is 12.5 Å². The Morgan fingerprint density at radius 1 is 1.31 bits per heavy atom. The number of aromatic amines is 1. The lowest BCUT2D eigenvalue weighted by molar-refractivity contribution is 0.381. The highest BCUT2D eigenvalue weighted by Gasteiger charge is 2.20. The fourth-order valence-electron chi connectivity index (χ4n) is 2.99. The molecule has 0 saturated heterocycles. The number of rotatable bonds is 5. The summed E-state index contributed by atoms with van der Waals surface area (Å²) in [6.45, 7) is 0. The Morgan fingerprint density at radius 2 is 2.23 bits per heavy atom. The molecular formula is C18H15N7O. The van der Waals surface area contributed by atoms with Crippen LogP contribution in [0.4, 0.5) is 0 Å². The van der Waals surface area contributed by atoms with E-state index < -0.39 is 0 Å². The lowest BCUT2D eigenvalue weighted by atomic mass is 10.1.